The van der Waals surface area contributed by atoms with Crippen molar-refractivity contribution in [1.82, 2.24) is 19.7 Å². The quantitative estimate of drug-likeness (QED) is 0.780. The predicted molar refractivity (Wildman–Crippen MR) is 97.8 cm³/mol. The molecule has 1 aromatic carbocycles. The number of benzene rings is 1. The maximum absolute atomic E-state index is 5.84. The summed E-state index contributed by atoms with van der Waals surface area (Å²) in [5.74, 6) is 2.33. The van der Waals surface area contributed by atoms with Crippen LogP contribution in [0.15, 0.2) is 29.3 Å². The van der Waals surface area contributed by atoms with E-state index in [0.29, 0.717) is 5.92 Å². The van der Waals surface area contributed by atoms with Crippen LogP contribution in [0.2, 0.25) is 0 Å². The Hall–Kier alpha value is -1.60. The monoisotopic (exact) mass is 406 g/mol. The van der Waals surface area contributed by atoms with E-state index in [-0.39, 0.29) is 0 Å². The van der Waals surface area contributed by atoms with Crippen molar-refractivity contribution in [3.63, 3.8) is 0 Å². The lowest BCUT2D eigenvalue weighted by molar-refractivity contribution is 0.153. The normalized spacial score (nSPS) is 21.1. The SMILES string of the molecule is Brc1cc2c(cc1CN1CCC[C@H](Cn3cncn3)C1)OCCCO2. The lowest BCUT2D eigenvalue weighted by atomic mass is 9.97. The smallest absolute Gasteiger partial charge is 0.162 e. The Morgan fingerprint density at radius 1 is 1.16 bits per heavy atom. The number of piperidine rings is 1. The predicted octanol–water partition coefficient (Wildman–Crippen LogP) is 3.11. The molecular weight excluding hydrogens is 384 g/mol. The molecule has 1 atom stereocenters. The fourth-order valence-electron chi connectivity index (χ4n) is 3.62. The Bertz CT molecular complexity index is 707. The first-order valence-corrected chi connectivity index (χ1v) is 9.70. The third-order valence-corrected chi connectivity index (χ3v) is 5.56. The standard InChI is InChI=1S/C18H23BrN4O2/c19-16-8-18-17(24-5-2-6-25-18)7-15(16)11-22-4-1-3-14(9-22)10-23-13-20-12-21-23/h7-8,12-14H,1-6,9-11H2/t14-/m0/s1. The first-order valence-electron chi connectivity index (χ1n) is 8.91. The van der Waals surface area contributed by atoms with Crippen LogP contribution >= 0.6 is 15.9 Å². The molecule has 1 fully saturated rings. The zero-order valence-electron chi connectivity index (χ0n) is 14.2. The first kappa shape index (κ1) is 16.8. The minimum atomic E-state index is 0.620. The van der Waals surface area contributed by atoms with Gasteiger partial charge in [0.2, 0.25) is 0 Å². The molecule has 0 N–H and O–H groups in total. The Morgan fingerprint density at radius 2 is 2.00 bits per heavy atom. The van der Waals surface area contributed by atoms with Gasteiger partial charge in [0, 0.05) is 30.5 Å². The van der Waals surface area contributed by atoms with Crippen molar-refractivity contribution in [2.24, 2.45) is 5.92 Å². The maximum atomic E-state index is 5.84. The highest BCUT2D eigenvalue weighted by atomic mass is 79.9. The molecule has 0 unspecified atom stereocenters. The van der Waals surface area contributed by atoms with Gasteiger partial charge in [-0.15, -0.1) is 0 Å². The molecule has 0 aliphatic carbocycles. The summed E-state index contributed by atoms with van der Waals surface area (Å²) >= 11 is 3.71. The van der Waals surface area contributed by atoms with Crippen molar-refractivity contribution in [1.29, 1.82) is 0 Å². The lowest BCUT2D eigenvalue weighted by Crippen LogP contribution is -2.36. The molecule has 1 saturated heterocycles. The summed E-state index contributed by atoms with van der Waals surface area (Å²) in [6, 6.07) is 4.18. The zero-order valence-corrected chi connectivity index (χ0v) is 15.8. The van der Waals surface area contributed by atoms with E-state index in [2.05, 4.69) is 37.0 Å². The van der Waals surface area contributed by atoms with Crippen LogP contribution in [0.5, 0.6) is 11.5 Å². The molecular formula is C18H23BrN4O2. The number of likely N-dealkylation sites (tertiary alicyclic amines) is 1. The number of aromatic nitrogens is 3. The van der Waals surface area contributed by atoms with Gasteiger partial charge < -0.3 is 9.47 Å². The van der Waals surface area contributed by atoms with Crippen molar-refractivity contribution in [2.45, 2.75) is 32.4 Å². The number of halogens is 1. The number of hydrogen-bond donors (Lipinski definition) is 0. The number of nitrogens with zero attached hydrogens (tertiary/aromatic N) is 4. The molecule has 2 aliphatic rings. The van der Waals surface area contributed by atoms with E-state index < -0.39 is 0 Å². The second kappa shape index (κ2) is 7.74. The molecule has 1 aromatic heterocycles. The molecule has 0 saturated carbocycles. The van der Waals surface area contributed by atoms with Crippen molar-refractivity contribution in [3.05, 3.63) is 34.8 Å². The van der Waals surface area contributed by atoms with E-state index in [1.807, 2.05) is 10.7 Å². The Kier molecular flexibility index (Phi) is 5.22. The van der Waals surface area contributed by atoms with Gasteiger partial charge in [0.15, 0.2) is 11.5 Å². The lowest BCUT2D eigenvalue weighted by Gasteiger charge is -2.33. The van der Waals surface area contributed by atoms with E-state index in [9.17, 15) is 0 Å². The topological polar surface area (TPSA) is 52.4 Å². The number of ether oxygens (including phenoxy) is 2. The van der Waals surface area contributed by atoms with Crippen molar-refractivity contribution in [2.75, 3.05) is 26.3 Å². The second-order valence-electron chi connectivity index (χ2n) is 6.80. The number of fused-ring (bicyclic) bond motifs is 1. The molecule has 0 radical (unpaired) electrons. The van der Waals surface area contributed by atoms with Crippen LogP contribution in [0.25, 0.3) is 0 Å². The fourth-order valence-corrected chi connectivity index (χ4v) is 4.07. The van der Waals surface area contributed by atoms with Crippen LogP contribution in [-0.4, -0.2) is 46.0 Å². The van der Waals surface area contributed by atoms with Crippen LogP contribution in [0.3, 0.4) is 0 Å². The summed E-state index contributed by atoms with van der Waals surface area (Å²) in [5, 5.41) is 4.24. The molecule has 3 heterocycles. The van der Waals surface area contributed by atoms with Crippen molar-refractivity contribution >= 4 is 15.9 Å². The van der Waals surface area contributed by atoms with E-state index >= 15 is 0 Å². The maximum Gasteiger partial charge on any atom is 0.162 e. The Balaban J connectivity index is 1.43. The largest absolute Gasteiger partial charge is 0.490 e. The Morgan fingerprint density at radius 3 is 2.80 bits per heavy atom. The average Bonchev–Trinajstić information content (AvgIpc) is 3.01. The van der Waals surface area contributed by atoms with Gasteiger partial charge in [0.25, 0.3) is 0 Å². The molecule has 0 amide bonds. The third-order valence-electron chi connectivity index (χ3n) is 4.83. The third kappa shape index (κ3) is 4.15. The van der Waals surface area contributed by atoms with Crippen LogP contribution in [-0.2, 0) is 13.1 Å². The van der Waals surface area contributed by atoms with E-state index in [1.165, 1.54) is 18.4 Å². The minimum absolute atomic E-state index is 0.620. The van der Waals surface area contributed by atoms with Crippen molar-refractivity contribution in [3.8, 4) is 11.5 Å². The molecule has 4 rings (SSSR count). The Labute approximate surface area is 156 Å². The summed E-state index contributed by atoms with van der Waals surface area (Å²) in [4.78, 5) is 6.56. The molecule has 0 bridgehead atoms. The highest BCUT2D eigenvalue weighted by Crippen LogP contribution is 2.36. The molecule has 0 spiro atoms. The number of hydrogen-bond acceptors (Lipinski definition) is 5. The molecule has 25 heavy (non-hydrogen) atoms. The minimum Gasteiger partial charge on any atom is -0.490 e. The second-order valence-corrected chi connectivity index (χ2v) is 7.66. The van der Waals surface area contributed by atoms with Gasteiger partial charge >= 0.3 is 0 Å². The van der Waals surface area contributed by atoms with Crippen LogP contribution in [0.1, 0.15) is 24.8 Å². The van der Waals surface area contributed by atoms with Gasteiger partial charge in [-0.25, -0.2) is 4.98 Å². The molecule has 7 heteroatoms. The average molecular weight is 407 g/mol. The zero-order chi connectivity index (χ0) is 17.1. The highest BCUT2D eigenvalue weighted by Gasteiger charge is 2.22. The van der Waals surface area contributed by atoms with Gasteiger partial charge in [-0.1, -0.05) is 15.9 Å². The van der Waals surface area contributed by atoms with E-state index in [0.717, 1.165) is 61.8 Å². The molecule has 2 aliphatic heterocycles. The van der Waals surface area contributed by atoms with Gasteiger partial charge in [-0.05, 0) is 43.0 Å². The summed E-state index contributed by atoms with van der Waals surface area (Å²) < 4.78 is 14.6. The van der Waals surface area contributed by atoms with E-state index in [1.54, 1.807) is 12.7 Å². The summed E-state index contributed by atoms with van der Waals surface area (Å²) in [5.41, 5.74) is 1.26. The van der Waals surface area contributed by atoms with Gasteiger partial charge in [-0.2, -0.15) is 5.10 Å². The first-order chi connectivity index (χ1) is 12.3. The summed E-state index contributed by atoms with van der Waals surface area (Å²) in [6.45, 7) is 5.52. The van der Waals surface area contributed by atoms with Gasteiger partial charge in [-0.3, -0.25) is 9.58 Å². The van der Waals surface area contributed by atoms with Crippen LogP contribution in [0.4, 0.5) is 0 Å². The number of rotatable bonds is 4. The van der Waals surface area contributed by atoms with E-state index in [4.69, 9.17) is 9.47 Å². The van der Waals surface area contributed by atoms with Gasteiger partial charge in [0.1, 0.15) is 12.7 Å². The fraction of sp³-hybridized carbons (Fsp3) is 0.556. The summed E-state index contributed by atoms with van der Waals surface area (Å²) in [6.07, 6.45) is 6.81. The van der Waals surface area contributed by atoms with Crippen LogP contribution in [0, 0.1) is 5.92 Å². The van der Waals surface area contributed by atoms with Crippen molar-refractivity contribution < 1.29 is 9.47 Å². The summed E-state index contributed by atoms with van der Waals surface area (Å²) in [7, 11) is 0. The molecule has 134 valence electrons. The van der Waals surface area contributed by atoms with Gasteiger partial charge in [0.05, 0.1) is 13.2 Å². The van der Waals surface area contributed by atoms with Crippen LogP contribution < -0.4 is 9.47 Å². The molecule has 6 nitrogen and oxygen atoms in total. The molecule has 2 aromatic rings. The highest BCUT2D eigenvalue weighted by molar-refractivity contribution is 9.10.